The van der Waals surface area contributed by atoms with Crippen molar-refractivity contribution in [1.82, 2.24) is 4.98 Å². The summed E-state index contributed by atoms with van der Waals surface area (Å²) in [6.45, 7) is 0. The first kappa shape index (κ1) is 12.1. The van der Waals surface area contributed by atoms with Crippen LogP contribution < -0.4 is 0 Å². The highest BCUT2D eigenvalue weighted by Gasteiger charge is 2.13. The maximum absolute atomic E-state index is 12.6. The molecule has 92 valence electrons. The summed E-state index contributed by atoms with van der Waals surface area (Å²) in [5.74, 6) is -0.00870. The number of aromatic nitrogens is 1. The van der Waals surface area contributed by atoms with Gasteiger partial charge in [-0.3, -0.25) is 9.78 Å². The topological polar surface area (TPSA) is 30.0 Å². The minimum absolute atomic E-state index is 0.00870. The van der Waals surface area contributed by atoms with Crippen LogP contribution in [0.5, 0.6) is 0 Å². The Morgan fingerprint density at radius 3 is 2.63 bits per heavy atom. The van der Waals surface area contributed by atoms with Crippen LogP contribution in [0.1, 0.15) is 15.9 Å². The molecule has 0 aliphatic carbocycles. The van der Waals surface area contributed by atoms with Crippen molar-refractivity contribution in [3.63, 3.8) is 0 Å². The zero-order chi connectivity index (χ0) is 13.2. The molecule has 1 heterocycles. The highest BCUT2D eigenvalue weighted by atomic mass is 79.9. The van der Waals surface area contributed by atoms with E-state index < -0.39 is 0 Å². The summed E-state index contributed by atoms with van der Waals surface area (Å²) in [7, 11) is 0. The second kappa shape index (κ2) is 4.94. The Balaban J connectivity index is 2.17. The Kier molecular flexibility index (Phi) is 3.13. The second-order valence-corrected chi connectivity index (χ2v) is 5.14. The van der Waals surface area contributed by atoms with Gasteiger partial charge >= 0.3 is 0 Å². The molecule has 0 spiro atoms. The molecule has 2 aromatic carbocycles. The SMILES string of the molecule is O=C(c1cccc(Br)c1)c1cccc2cccnc12. The standard InChI is InChI=1S/C16H10BrNO/c17-13-7-1-5-12(10-13)16(19)14-8-2-4-11-6-3-9-18-15(11)14/h1-10H. The van der Waals surface area contributed by atoms with Crippen LogP contribution in [0.15, 0.2) is 65.3 Å². The molecule has 3 heteroatoms. The van der Waals surface area contributed by atoms with Gasteiger partial charge in [-0.15, -0.1) is 0 Å². The van der Waals surface area contributed by atoms with Crippen molar-refractivity contribution in [3.8, 4) is 0 Å². The largest absolute Gasteiger partial charge is 0.289 e. The van der Waals surface area contributed by atoms with Gasteiger partial charge in [0.25, 0.3) is 0 Å². The summed E-state index contributed by atoms with van der Waals surface area (Å²) in [5, 5.41) is 0.975. The number of halogens is 1. The zero-order valence-corrected chi connectivity index (χ0v) is 11.6. The lowest BCUT2D eigenvalue weighted by atomic mass is 10.0. The molecule has 0 saturated heterocycles. The average Bonchev–Trinajstić information content (AvgIpc) is 2.46. The maximum atomic E-state index is 12.6. The Hall–Kier alpha value is -2.00. The van der Waals surface area contributed by atoms with Crippen molar-refractivity contribution in [2.24, 2.45) is 0 Å². The van der Waals surface area contributed by atoms with E-state index in [1.54, 1.807) is 6.20 Å². The van der Waals surface area contributed by atoms with E-state index in [1.807, 2.05) is 54.6 Å². The van der Waals surface area contributed by atoms with Gasteiger partial charge in [-0.05, 0) is 24.3 Å². The van der Waals surface area contributed by atoms with Gasteiger partial charge in [0.1, 0.15) is 0 Å². The van der Waals surface area contributed by atoms with Gasteiger partial charge in [0, 0.05) is 27.2 Å². The van der Waals surface area contributed by atoms with Crippen LogP contribution in [0.2, 0.25) is 0 Å². The van der Waals surface area contributed by atoms with E-state index in [9.17, 15) is 4.79 Å². The fraction of sp³-hybridized carbons (Fsp3) is 0. The molecule has 0 unspecified atom stereocenters. The Bertz CT molecular complexity index is 762. The van der Waals surface area contributed by atoms with Gasteiger partial charge in [-0.25, -0.2) is 0 Å². The molecule has 3 rings (SSSR count). The van der Waals surface area contributed by atoms with E-state index in [2.05, 4.69) is 20.9 Å². The lowest BCUT2D eigenvalue weighted by Gasteiger charge is -2.05. The molecule has 1 aromatic heterocycles. The molecule has 0 amide bonds. The first-order valence-electron chi connectivity index (χ1n) is 5.90. The van der Waals surface area contributed by atoms with Gasteiger partial charge in [0.05, 0.1) is 5.52 Å². The summed E-state index contributed by atoms with van der Waals surface area (Å²) in [4.78, 5) is 16.9. The number of carbonyl (C=O) groups excluding carboxylic acids is 1. The van der Waals surface area contributed by atoms with Crippen molar-refractivity contribution in [2.45, 2.75) is 0 Å². The van der Waals surface area contributed by atoms with Crippen molar-refractivity contribution >= 4 is 32.6 Å². The van der Waals surface area contributed by atoms with Crippen LogP contribution in [0, 0.1) is 0 Å². The molecule has 2 nitrogen and oxygen atoms in total. The molecular weight excluding hydrogens is 302 g/mol. The van der Waals surface area contributed by atoms with Crippen LogP contribution in [-0.2, 0) is 0 Å². The first-order valence-corrected chi connectivity index (χ1v) is 6.69. The highest BCUT2D eigenvalue weighted by Crippen LogP contribution is 2.21. The fourth-order valence-electron chi connectivity index (χ4n) is 2.07. The molecule has 0 N–H and O–H groups in total. The third-order valence-corrected chi connectivity index (χ3v) is 3.46. The van der Waals surface area contributed by atoms with Crippen molar-refractivity contribution < 1.29 is 4.79 Å². The third kappa shape index (κ3) is 2.29. The number of hydrogen-bond donors (Lipinski definition) is 0. The molecule has 0 aliphatic heterocycles. The number of pyridine rings is 1. The summed E-state index contributed by atoms with van der Waals surface area (Å²) < 4.78 is 0.895. The second-order valence-electron chi connectivity index (χ2n) is 4.22. The van der Waals surface area contributed by atoms with Gasteiger partial charge in [0.2, 0.25) is 0 Å². The van der Waals surface area contributed by atoms with E-state index in [0.29, 0.717) is 11.1 Å². The number of para-hydroxylation sites is 1. The van der Waals surface area contributed by atoms with Crippen LogP contribution in [-0.4, -0.2) is 10.8 Å². The van der Waals surface area contributed by atoms with Crippen LogP contribution >= 0.6 is 15.9 Å². The molecule has 19 heavy (non-hydrogen) atoms. The van der Waals surface area contributed by atoms with E-state index in [-0.39, 0.29) is 5.78 Å². The molecule has 0 aliphatic rings. The minimum atomic E-state index is -0.00870. The zero-order valence-electron chi connectivity index (χ0n) is 10.0. The molecule has 0 saturated carbocycles. The number of carbonyl (C=O) groups is 1. The van der Waals surface area contributed by atoms with Gasteiger partial charge in [-0.2, -0.15) is 0 Å². The number of hydrogen-bond acceptors (Lipinski definition) is 2. The first-order chi connectivity index (χ1) is 9.25. The maximum Gasteiger partial charge on any atom is 0.195 e. The summed E-state index contributed by atoms with van der Waals surface area (Å²) >= 11 is 3.38. The molecule has 3 aromatic rings. The smallest absolute Gasteiger partial charge is 0.195 e. The number of ketones is 1. The average molecular weight is 312 g/mol. The van der Waals surface area contributed by atoms with Gasteiger partial charge < -0.3 is 0 Å². The van der Waals surface area contributed by atoms with Crippen molar-refractivity contribution in [2.75, 3.05) is 0 Å². The van der Waals surface area contributed by atoms with Gasteiger partial charge in [-0.1, -0.05) is 46.3 Å². The number of nitrogens with zero attached hydrogens (tertiary/aromatic N) is 1. The van der Waals surface area contributed by atoms with E-state index >= 15 is 0 Å². The lowest BCUT2D eigenvalue weighted by Crippen LogP contribution is -2.02. The number of rotatable bonds is 2. The highest BCUT2D eigenvalue weighted by molar-refractivity contribution is 9.10. The quantitative estimate of drug-likeness (QED) is 0.663. The monoisotopic (exact) mass is 311 g/mol. The molecule has 0 bridgehead atoms. The Morgan fingerprint density at radius 1 is 1.00 bits per heavy atom. The van der Waals surface area contributed by atoms with Crippen LogP contribution in [0.3, 0.4) is 0 Å². The third-order valence-electron chi connectivity index (χ3n) is 2.96. The fourth-order valence-corrected chi connectivity index (χ4v) is 2.47. The number of fused-ring (bicyclic) bond motifs is 1. The molecule has 0 radical (unpaired) electrons. The van der Waals surface area contributed by atoms with Crippen molar-refractivity contribution in [1.29, 1.82) is 0 Å². The van der Waals surface area contributed by atoms with Crippen LogP contribution in [0.25, 0.3) is 10.9 Å². The Morgan fingerprint density at radius 2 is 1.79 bits per heavy atom. The molecule has 0 atom stereocenters. The lowest BCUT2D eigenvalue weighted by molar-refractivity contribution is 0.104. The van der Waals surface area contributed by atoms with E-state index in [1.165, 1.54) is 0 Å². The normalized spacial score (nSPS) is 10.6. The minimum Gasteiger partial charge on any atom is -0.289 e. The summed E-state index contributed by atoms with van der Waals surface area (Å²) in [6, 6.07) is 16.9. The van der Waals surface area contributed by atoms with Crippen molar-refractivity contribution in [3.05, 3.63) is 76.4 Å². The van der Waals surface area contributed by atoms with Gasteiger partial charge in [0.15, 0.2) is 5.78 Å². The Labute approximate surface area is 119 Å². The number of benzene rings is 2. The van der Waals surface area contributed by atoms with E-state index in [0.717, 1.165) is 15.4 Å². The molecule has 0 fully saturated rings. The summed E-state index contributed by atoms with van der Waals surface area (Å²) in [6.07, 6.45) is 1.71. The molecular formula is C16H10BrNO. The summed E-state index contributed by atoms with van der Waals surface area (Å²) in [5.41, 5.74) is 2.04. The predicted molar refractivity (Wildman–Crippen MR) is 79.3 cm³/mol. The van der Waals surface area contributed by atoms with E-state index in [4.69, 9.17) is 0 Å². The van der Waals surface area contributed by atoms with Crippen LogP contribution in [0.4, 0.5) is 0 Å². The predicted octanol–water partition coefficient (Wildman–Crippen LogP) is 4.23.